The number of esters is 1. The molecule has 1 amide bonds. The van der Waals surface area contributed by atoms with E-state index in [2.05, 4.69) is 5.32 Å². The molecule has 1 atom stereocenters. The van der Waals surface area contributed by atoms with Crippen LogP contribution in [0.2, 0.25) is 0 Å². The van der Waals surface area contributed by atoms with Crippen LogP contribution in [-0.2, 0) is 19.4 Å². The lowest BCUT2D eigenvalue weighted by Crippen LogP contribution is -2.40. The Balaban J connectivity index is 1.66. The Morgan fingerprint density at radius 2 is 1.80 bits per heavy atom. The normalized spacial score (nSPS) is 17.4. The van der Waals surface area contributed by atoms with E-state index in [0.29, 0.717) is 17.7 Å². The summed E-state index contributed by atoms with van der Waals surface area (Å²) in [5, 5.41) is 3.26. The summed E-state index contributed by atoms with van der Waals surface area (Å²) in [4.78, 5) is 26.4. The summed E-state index contributed by atoms with van der Waals surface area (Å²) in [6.07, 6.45) is 0.404. The van der Waals surface area contributed by atoms with Crippen LogP contribution >= 0.6 is 0 Å². The summed E-state index contributed by atoms with van der Waals surface area (Å²) in [6, 6.07) is 12.4. The summed E-state index contributed by atoms with van der Waals surface area (Å²) >= 11 is 0. The fourth-order valence-electron chi connectivity index (χ4n) is 3.39. The maximum Gasteiger partial charge on any atom is 0.340 e. The molecular formula is C22H26N2O5S. The lowest BCUT2D eigenvalue weighted by molar-refractivity contribution is -0.134. The number of carbonyl (C=O) groups is 2. The molecular weight excluding hydrogens is 404 g/mol. The number of benzene rings is 2. The maximum atomic E-state index is 12.6. The second-order valence-electron chi connectivity index (χ2n) is 7.56. The Hall–Kier alpha value is -2.87. The summed E-state index contributed by atoms with van der Waals surface area (Å²) in [5.74, 6) is -1.02. The lowest BCUT2D eigenvalue weighted by atomic mass is 10.1. The van der Waals surface area contributed by atoms with Crippen LogP contribution in [0.1, 0.15) is 27.9 Å². The van der Waals surface area contributed by atoms with Crippen molar-refractivity contribution in [2.45, 2.75) is 26.3 Å². The van der Waals surface area contributed by atoms with Gasteiger partial charge in [-0.05, 0) is 49.6 Å². The standard InChI is InChI=1S/C22H26N2O5S/c1-15-7-6-10-19(16(15)2)23-20-9-5-4-8-18(20)22(26)29-13-21(25)24(3)17-11-12-30(27,28)14-17/h4-10,17,23H,11-14H2,1-3H3/t17-/m0/s1. The third kappa shape index (κ3) is 4.99. The monoisotopic (exact) mass is 430 g/mol. The Kier molecular flexibility index (Phi) is 6.45. The van der Waals surface area contributed by atoms with E-state index in [9.17, 15) is 18.0 Å². The number of aryl methyl sites for hydroxylation is 1. The second-order valence-corrected chi connectivity index (χ2v) is 9.78. The molecule has 1 heterocycles. The summed E-state index contributed by atoms with van der Waals surface area (Å²) in [7, 11) is -1.56. The zero-order valence-corrected chi connectivity index (χ0v) is 18.2. The first-order valence-electron chi connectivity index (χ1n) is 9.73. The van der Waals surface area contributed by atoms with Gasteiger partial charge in [-0.3, -0.25) is 4.79 Å². The third-order valence-electron chi connectivity index (χ3n) is 5.50. The molecule has 160 valence electrons. The third-order valence-corrected chi connectivity index (χ3v) is 7.25. The predicted molar refractivity (Wildman–Crippen MR) is 116 cm³/mol. The van der Waals surface area contributed by atoms with Crippen molar-refractivity contribution in [1.29, 1.82) is 0 Å². The minimum atomic E-state index is -3.10. The number of para-hydroxylation sites is 1. The highest BCUT2D eigenvalue weighted by molar-refractivity contribution is 7.91. The van der Waals surface area contributed by atoms with Crippen LogP contribution in [0.3, 0.4) is 0 Å². The van der Waals surface area contributed by atoms with E-state index in [1.54, 1.807) is 18.2 Å². The van der Waals surface area contributed by atoms with Gasteiger partial charge in [0.25, 0.3) is 5.91 Å². The summed E-state index contributed by atoms with van der Waals surface area (Å²) < 4.78 is 28.5. The fraction of sp³-hybridized carbons (Fsp3) is 0.364. The van der Waals surface area contributed by atoms with Gasteiger partial charge in [0.05, 0.1) is 22.8 Å². The van der Waals surface area contributed by atoms with Crippen molar-refractivity contribution >= 4 is 33.1 Å². The molecule has 1 aliphatic heterocycles. The van der Waals surface area contributed by atoms with Crippen molar-refractivity contribution in [1.82, 2.24) is 4.90 Å². The SMILES string of the molecule is Cc1cccc(Nc2ccccc2C(=O)OCC(=O)N(C)[C@H]2CCS(=O)(=O)C2)c1C. The molecule has 3 rings (SSSR count). The molecule has 1 N–H and O–H groups in total. The molecule has 30 heavy (non-hydrogen) atoms. The number of hydrogen-bond donors (Lipinski definition) is 1. The van der Waals surface area contributed by atoms with Gasteiger partial charge in [0.1, 0.15) is 0 Å². The second kappa shape index (κ2) is 8.87. The number of nitrogens with zero attached hydrogens (tertiary/aromatic N) is 1. The molecule has 1 saturated heterocycles. The molecule has 1 fully saturated rings. The molecule has 0 spiro atoms. The molecule has 0 aliphatic carbocycles. The quantitative estimate of drug-likeness (QED) is 0.709. The number of likely N-dealkylation sites (N-methyl/N-ethyl adjacent to an activating group) is 1. The van der Waals surface area contributed by atoms with Crippen LogP contribution in [0.4, 0.5) is 11.4 Å². The number of carbonyl (C=O) groups excluding carboxylic acids is 2. The highest BCUT2D eigenvalue weighted by atomic mass is 32.2. The average molecular weight is 431 g/mol. The molecule has 1 aliphatic rings. The zero-order valence-electron chi connectivity index (χ0n) is 17.3. The van der Waals surface area contributed by atoms with Crippen LogP contribution in [0, 0.1) is 13.8 Å². The molecule has 0 unspecified atom stereocenters. The van der Waals surface area contributed by atoms with Crippen LogP contribution in [-0.4, -0.2) is 56.4 Å². The molecule has 0 radical (unpaired) electrons. The van der Waals surface area contributed by atoms with E-state index in [0.717, 1.165) is 16.8 Å². The lowest BCUT2D eigenvalue weighted by Gasteiger charge is -2.23. The average Bonchev–Trinajstić information content (AvgIpc) is 3.09. The minimum absolute atomic E-state index is 0.0498. The van der Waals surface area contributed by atoms with Crippen molar-refractivity contribution in [3.63, 3.8) is 0 Å². The van der Waals surface area contributed by atoms with Gasteiger partial charge in [0, 0.05) is 18.8 Å². The fourth-order valence-corrected chi connectivity index (χ4v) is 5.17. The van der Waals surface area contributed by atoms with Crippen LogP contribution in [0.5, 0.6) is 0 Å². The Morgan fingerprint density at radius 3 is 2.50 bits per heavy atom. The maximum absolute atomic E-state index is 12.6. The van der Waals surface area contributed by atoms with Gasteiger partial charge in [-0.25, -0.2) is 13.2 Å². The molecule has 0 aromatic heterocycles. The molecule has 2 aromatic rings. The molecule has 2 aromatic carbocycles. The van der Waals surface area contributed by atoms with Gasteiger partial charge < -0.3 is 15.0 Å². The van der Waals surface area contributed by atoms with Gasteiger partial charge in [0.15, 0.2) is 16.4 Å². The first kappa shape index (κ1) is 21.8. The number of nitrogens with one attached hydrogen (secondary N) is 1. The highest BCUT2D eigenvalue weighted by Crippen LogP contribution is 2.26. The van der Waals surface area contributed by atoms with Crippen molar-refractivity contribution in [2.75, 3.05) is 30.5 Å². The van der Waals surface area contributed by atoms with Crippen LogP contribution in [0.15, 0.2) is 42.5 Å². The number of rotatable bonds is 6. The first-order valence-corrected chi connectivity index (χ1v) is 11.6. The molecule has 8 heteroatoms. The number of anilines is 2. The molecule has 0 saturated carbocycles. The van der Waals surface area contributed by atoms with Gasteiger partial charge in [-0.2, -0.15) is 0 Å². The van der Waals surface area contributed by atoms with E-state index in [1.165, 1.54) is 11.9 Å². The topological polar surface area (TPSA) is 92.8 Å². The largest absolute Gasteiger partial charge is 0.452 e. The van der Waals surface area contributed by atoms with Crippen molar-refractivity contribution in [3.8, 4) is 0 Å². The van der Waals surface area contributed by atoms with Gasteiger partial charge in [-0.15, -0.1) is 0 Å². The zero-order chi connectivity index (χ0) is 21.9. The van der Waals surface area contributed by atoms with E-state index < -0.39 is 28.3 Å². The number of amides is 1. The Labute approximate surface area is 177 Å². The predicted octanol–water partition coefficient (Wildman–Crippen LogP) is 2.85. The van der Waals surface area contributed by atoms with Crippen LogP contribution < -0.4 is 5.32 Å². The van der Waals surface area contributed by atoms with E-state index >= 15 is 0 Å². The number of sulfone groups is 1. The molecule has 7 nitrogen and oxygen atoms in total. The Morgan fingerprint density at radius 1 is 1.10 bits per heavy atom. The highest BCUT2D eigenvalue weighted by Gasteiger charge is 2.33. The Bertz CT molecular complexity index is 1060. The van der Waals surface area contributed by atoms with Crippen molar-refractivity contribution in [2.24, 2.45) is 0 Å². The van der Waals surface area contributed by atoms with E-state index in [1.807, 2.05) is 38.1 Å². The van der Waals surface area contributed by atoms with Gasteiger partial charge in [-0.1, -0.05) is 24.3 Å². The number of hydrogen-bond acceptors (Lipinski definition) is 6. The van der Waals surface area contributed by atoms with Gasteiger partial charge >= 0.3 is 5.97 Å². The smallest absolute Gasteiger partial charge is 0.340 e. The van der Waals surface area contributed by atoms with E-state index in [-0.39, 0.29) is 17.5 Å². The minimum Gasteiger partial charge on any atom is -0.452 e. The number of ether oxygens (including phenoxy) is 1. The first-order chi connectivity index (χ1) is 14.2. The van der Waals surface area contributed by atoms with E-state index in [4.69, 9.17) is 4.74 Å². The van der Waals surface area contributed by atoms with Crippen molar-refractivity contribution in [3.05, 3.63) is 59.2 Å². The molecule has 0 bridgehead atoms. The van der Waals surface area contributed by atoms with Crippen LogP contribution in [0.25, 0.3) is 0 Å². The summed E-state index contributed by atoms with van der Waals surface area (Å²) in [6.45, 7) is 3.57. The van der Waals surface area contributed by atoms with Gasteiger partial charge in [0.2, 0.25) is 0 Å². The summed E-state index contributed by atoms with van der Waals surface area (Å²) in [5.41, 5.74) is 3.98. The van der Waals surface area contributed by atoms with Crippen molar-refractivity contribution < 1.29 is 22.7 Å².